The summed E-state index contributed by atoms with van der Waals surface area (Å²) >= 11 is 0. The molecule has 1 saturated heterocycles. The van der Waals surface area contributed by atoms with E-state index in [9.17, 15) is 9.59 Å². The number of ketones is 1. The van der Waals surface area contributed by atoms with Crippen LogP contribution in [0.2, 0.25) is 0 Å². The summed E-state index contributed by atoms with van der Waals surface area (Å²) in [6.45, 7) is 6.97. The second-order valence-electron chi connectivity index (χ2n) is 6.10. The minimum Gasteiger partial charge on any atom is -0.444 e. The molecule has 4 nitrogen and oxygen atoms in total. The van der Waals surface area contributed by atoms with E-state index in [1.807, 2.05) is 20.8 Å². The number of carbonyl (C=O) groups excluding carboxylic acids is 2. The van der Waals surface area contributed by atoms with Gasteiger partial charge in [-0.25, -0.2) is 4.79 Å². The molecule has 0 unspecified atom stereocenters. The van der Waals surface area contributed by atoms with Gasteiger partial charge in [-0.3, -0.25) is 4.79 Å². The first-order valence-corrected chi connectivity index (χ1v) is 6.56. The van der Waals surface area contributed by atoms with Gasteiger partial charge in [-0.1, -0.05) is 5.57 Å². The highest BCUT2D eigenvalue weighted by Crippen LogP contribution is 2.31. The Morgan fingerprint density at radius 2 is 2.11 bits per heavy atom. The highest BCUT2D eigenvalue weighted by molar-refractivity contribution is 5.91. The van der Waals surface area contributed by atoms with Gasteiger partial charge in [0.05, 0.1) is 0 Å². The zero-order chi connectivity index (χ0) is 13.3. The largest absolute Gasteiger partial charge is 0.444 e. The summed E-state index contributed by atoms with van der Waals surface area (Å²) in [6.07, 6.45) is 3.81. The summed E-state index contributed by atoms with van der Waals surface area (Å²) in [5.41, 5.74) is 0.765. The Hall–Kier alpha value is -1.32. The number of hydrogen-bond donors (Lipinski definition) is 0. The predicted octanol–water partition coefficient (Wildman–Crippen LogP) is 2.53. The lowest BCUT2D eigenvalue weighted by Gasteiger charge is -2.37. The molecule has 1 aliphatic carbocycles. The molecule has 0 radical (unpaired) electrons. The third kappa shape index (κ3) is 3.12. The van der Waals surface area contributed by atoms with Crippen LogP contribution in [-0.4, -0.2) is 35.5 Å². The van der Waals surface area contributed by atoms with Crippen molar-refractivity contribution in [2.75, 3.05) is 13.1 Å². The molecule has 1 atom stereocenters. The lowest BCUT2D eigenvalue weighted by molar-refractivity contribution is -0.115. The second-order valence-corrected chi connectivity index (χ2v) is 6.10. The summed E-state index contributed by atoms with van der Waals surface area (Å²) in [4.78, 5) is 25.1. The van der Waals surface area contributed by atoms with Crippen LogP contribution in [0.25, 0.3) is 0 Å². The molecule has 2 rings (SSSR count). The molecule has 1 fully saturated rings. The van der Waals surface area contributed by atoms with Crippen LogP contribution in [0.1, 0.15) is 40.0 Å². The number of ether oxygens (including phenoxy) is 1. The van der Waals surface area contributed by atoms with Gasteiger partial charge in [0.15, 0.2) is 5.78 Å². The van der Waals surface area contributed by atoms with Gasteiger partial charge < -0.3 is 9.64 Å². The van der Waals surface area contributed by atoms with Crippen LogP contribution in [0.4, 0.5) is 4.79 Å². The zero-order valence-electron chi connectivity index (χ0n) is 11.4. The number of piperidine rings is 1. The maximum absolute atomic E-state index is 12.0. The SMILES string of the molecule is CC(C)(C)OC(=O)N1CCC2=CC(=O)CC[C@@H]2C1. The maximum atomic E-state index is 12.0. The van der Waals surface area contributed by atoms with E-state index in [2.05, 4.69) is 0 Å². The molecule has 100 valence electrons. The zero-order valence-corrected chi connectivity index (χ0v) is 11.4. The van der Waals surface area contributed by atoms with Crippen LogP contribution in [0.5, 0.6) is 0 Å². The Morgan fingerprint density at radius 3 is 2.78 bits per heavy atom. The van der Waals surface area contributed by atoms with E-state index in [0.717, 1.165) is 12.8 Å². The van der Waals surface area contributed by atoms with Crippen LogP contribution >= 0.6 is 0 Å². The molecule has 0 aromatic heterocycles. The first kappa shape index (κ1) is 13.1. The number of allylic oxidation sites excluding steroid dienone is 1. The summed E-state index contributed by atoms with van der Waals surface area (Å²) in [6, 6.07) is 0. The molecular weight excluding hydrogens is 230 g/mol. The topological polar surface area (TPSA) is 46.6 Å². The average Bonchev–Trinajstić information content (AvgIpc) is 2.26. The summed E-state index contributed by atoms with van der Waals surface area (Å²) in [5, 5.41) is 0. The molecule has 0 saturated carbocycles. The minimum atomic E-state index is -0.449. The smallest absolute Gasteiger partial charge is 0.410 e. The van der Waals surface area contributed by atoms with E-state index in [1.165, 1.54) is 5.57 Å². The lowest BCUT2D eigenvalue weighted by Crippen LogP contribution is -2.44. The molecule has 1 heterocycles. The number of carbonyl (C=O) groups is 2. The van der Waals surface area contributed by atoms with Gasteiger partial charge in [-0.2, -0.15) is 0 Å². The van der Waals surface area contributed by atoms with Crippen molar-refractivity contribution in [1.29, 1.82) is 0 Å². The standard InChI is InChI=1S/C14H21NO3/c1-14(2,3)18-13(17)15-7-6-10-8-12(16)5-4-11(10)9-15/h8,11H,4-7,9H2,1-3H3/t11-/m1/s1. The van der Waals surface area contributed by atoms with Crippen LogP contribution < -0.4 is 0 Å². The van der Waals surface area contributed by atoms with Crippen LogP contribution in [-0.2, 0) is 9.53 Å². The van der Waals surface area contributed by atoms with Crippen molar-refractivity contribution in [2.45, 2.75) is 45.6 Å². The molecule has 2 aliphatic rings. The van der Waals surface area contributed by atoms with Crippen molar-refractivity contribution in [3.8, 4) is 0 Å². The second kappa shape index (κ2) is 4.75. The fourth-order valence-electron chi connectivity index (χ4n) is 2.50. The van der Waals surface area contributed by atoms with Crippen molar-refractivity contribution >= 4 is 11.9 Å². The van der Waals surface area contributed by atoms with E-state index in [-0.39, 0.29) is 11.9 Å². The van der Waals surface area contributed by atoms with Gasteiger partial charge in [0.25, 0.3) is 0 Å². The predicted molar refractivity (Wildman–Crippen MR) is 68.2 cm³/mol. The molecular formula is C14H21NO3. The van der Waals surface area contributed by atoms with Crippen molar-refractivity contribution in [2.24, 2.45) is 5.92 Å². The summed E-state index contributed by atoms with van der Waals surface area (Å²) in [5.74, 6) is 0.580. The van der Waals surface area contributed by atoms with E-state index in [1.54, 1.807) is 11.0 Å². The number of hydrogen-bond acceptors (Lipinski definition) is 3. The molecule has 1 aliphatic heterocycles. The number of amides is 1. The van der Waals surface area contributed by atoms with E-state index < -0.39 is 5.60 Å². The van der Waals surface area contributed by atoms with Crippen LogP contribution in [0.3, 0.4) is 0 Å². The Labute approximate surface area is 108 Å². The molecule has 0 N–H and O–H groups in total. The van der Waals surface area contributed by atoms with E-state index >= 15 is 0 Å². The third-order valence-corrected chi connectivity index (χ3v) is 3.37. The Morgan fingerprint density at radius 1 is 1.39 bits per heavy atom. The van der Waals surface area contributed by atoms with Gasteiger partial charge in [-0.15, -0.1) is 0 Å². The lowest BCUT2D eigenvalue weighted by atomic mass is 9.82. The maximum Gasteiger partial charge on any atom is 0.410 e. The first-order chi connectivity index (χ1) is 8.35. The third-order valence-electron chi connectivity index (χ3n) is 3.37. The number of likely N-dealkylation sites (tertiary alicyclic amines) is 1. The Kier molecular flexibility index (Phi) is 3.46. The van der Waals surface area contributed by atoms with Gasteiger partial charge >= 0.3 is 6.09 Å². The van der Waals surface area contributed by atoms with Crippen LogP contribution in [0.15, 0.2) is 11.6 Å². The minimum absolute atomic E-state index is 0.229. The quantitative estimate of drug-likeness (QED) is 0.664. The molecule has 18 heavy (non-hydrogen) atoms. The molecule has 0 bridgehead atoms. The number of nitrogens with zero attached hydrogens (tertiary/aromatic N) is 1. The fourth-order valence-corrected chi connectivity index (χ4v) is 2.50. The van der Waals surface area contributed by atoms with Crippen molar-refractivity contribution in [3.63, 3.8) is 0 Å². The van der Waals surface area contributed by atoms with E-state index in [4.69, 9.17) is 4.74 Å². The Bertz CT molecular complexity index is 392. The number of fused-ring (bicyclic) bond motifs is 1. The molecule has 0 spiro atoms. The van der Waals surface area contributed by atoms with Gasteiger partial charge in [0.1, 0.15) is 5.60 Å². The number of rotatable bonds is 0. The molecule has 1 amide bonds. The molecule has 0 aromatic carbocycles. The van der Waals surface area contributed by atoms with E-state index in [0.29, 0.717) is 25.4 Å². The van der Waals surface area contributed by atoms with Crippen molar-refractivity contribution in [3.05, 3.63) is 11.6 Å². The highest BCUT2D eigenvalue weighted by atomic mass is 16.6. The molecule has 4 heteroatoms. The van der Waals surface area contributed by atoms with Crippen molar-refractivity contribution < 1.29 is 14.3 Å². The molecule has 0 aromatic rings. The monoisotopic (exact) mass is 251 g/mol. The first-order valence-electron chi connectivity index (χ1n) is 6.56. The van der Waals surface area contributed by atoms with Crippen molar-refractivity contribution in [1.82, 2.24) is 4.90 Å². The highest BCUT2D eigenvalue weighted by Gasteiger charge is 2.32. The fraction of sp³-hybridized carbons (Fsp3) is 0.714. The van der Waals surface area contributed by atoms with Gasteiger partial charge in [0, 0.05) is 19.5 Å². The summed E-state index contributed by atoms with van der Waals surface area (Å²) < 4.78 is 5.38. The Balaban J connectivity index is 1.98. The van der Waals surface area contributed by atoms with Crippen LogP contribution in [0, 0.1) is 5.92 Å². The normalized spacial score (nSPS) is 24.4. The van der Waals surface area contributed by atoms with Gasteiger partial charge in [-0.05, 0) is 45.6 Å². The summed E-state index contributed by atoms with van der Waals surface area (Å²) in [7, 11) is 0. The average molecular weight is 251 g/mol. The van der Waals surface area contributed by atoms with Gasteiger partial charge in [0.2, 0.25) is 0 Å².